The van der Waals surface area contributed by atoms with Crippen molar-refractivity contribution in [2.45, 2.75) is 25.2 Å². The highest BCUT2D eigenvalue weighted by Gasteiger charge is 2.61. The van der Waals surface area contributed by atoms with Gasteiger partial charge < -0.3 is 0 Å². The van der Waals surface area contributed by atoms with E-state index in [0.29, 0.717) is 0 Å². The zero-order chi connectivity index (χ0) is 12.7. The summed E-state index contributed by atoms with van der Waals surface area (Å²) < 4.78 is 105. The Morgan fingerprint density at radius 3 is 1.33 bits per heavy atom. The molecule has 0 aromatic carbocycles. The Labute approximate surface area is 77.4 Å². The molecular weight excluding hydrogens is 243 g/mol. The topological polar surface area (TPSA) is 0 Å². The molecule has 0 radical (unpaired) electrons. The first-order valence-electron chi connectivity index (χ1n) is 3.20. The number of alkyl halides is 8. The van der Waals surface area contributed by atoms with E-state index in [9.17, 15) is 39.5 Å². The first-order chi connectivity index (χ1) is 6.32. The summed E-state index contributed by atoms with van der Waals surface area (Å²) in [4.78, 5) is 0. The van der Waals surface area contributed by atoms with E-state index in [0.717, 1.165) is 0 Å². The maximum Gasteiger partial charge on any atom is 0.457 e. The third kappa shape index (κ3) is 2.78. The van der Waals surface area contributed by atoms with Gasteiger partial charge >= 0.3 is 18.3 Å². The molecule has 0 N–H and O–H groups in total. The van der Waals surface area contributed by atoms with Crippen LogP contribution in [0.3, 0.4) is 0 Å². The molecule has 0 aromatic heterocycles. The van der Waals surface area contributed by atoms with Gasteiger partial charge in [-0.05, 0) is 6.92 Å². The molecule has 0 aliphatic heterocycles. The monoisotopic (exact) mass is 246 g/mol. The Kier molecular flexibility index (Phi) is 3.39. The molecule has 0 heterocycles. The van der Waals surface area contributed by atoms with Crippen molar-refractivity contribution in [1.29, 1.82) is 0 Å². The van der Waals surface area contributed by atoms with Crippen molar-refractivity contribution in [2.75, 3.05) is 0 Å². The van der Waals surface area contributed by atoms with E-state index in [1.54, 1.807) is 0 Å². The quantitative estimate of drug-likeness (QED) is 0.613. The van der Waals surface area contributed by atoms with E-state index in [1.165, 1.54) is 0 Å². The van der Waals surface area contributed by atoms with Crippen LogP contribution in [-0.2, 0) is 0 Å². The van der Waals surface area contributed by atoms with Crippen molar-refractivity contribution >= 4 is 0 Å². The number of hydrogen-bond donors (Lipinski definition) is 0. The van der Waals surface area contributed by atoms with Gasteiger partial charge in [-0.3, -0.25) is 0 Å². The summed E-state index contributed by atoms with van der Waals surface area (Å²) in [5.74, 6) is -9.28. The second-order valence-corrected chi connectivity index (χ2v) is 2.51. The van der Waals surface area contributed by atoms with Gasteiger partial charge in [0.15, 0.2) is 0 Å². The smallest absolute Gasteiger partial charge is 0.202 e. The van der Waals surface area contributed by atoms with E-state index < -0.39 is 29.7 Å². The van der Waals surface area contributed by atoms with Crippen molar-refractivity contribution in [2.24, 2.45) is 0 Å². The highest BCUT2D eigenvalue weighted by Crippen LogP contribution is 2.44. The van der Waals surface area contributed by atoms with Crippen molar-refractivity contribution in [3.8, 4) is 0 Å². The van der Waals surface area contributed by atoms with Gasteiger partial charge in [-0.2, -0.15) is 35.1 Å². The van der Waals surface area contributed by atoms with Gasteiger partial charge in [0.25, 0.3) is 0 Å². The molecule has 0 atom stereocenters. The number of hydrogen-bond acceptors (Lipinski definition) is 0. The molecule has 0 saturated carbocycles. The summed E-state index contributed by atoms with van der Waals surface area (Å²) in [6.07, 6.45) is -12.1. The molecule has 0 nitrogen and oxygen atoms in total. The van der Waals surface area contributed by atoms with Crippen LogP contribution in [0.4, 0.5) is 39.5 Å². The molecule has 15 heavy (non-hydrogen) atoms. The molecular formula is C6H3F9. The third-order valence-electron chi connectivity index (χ3n) is 1.41. The molecule has 0 aliphatic carbocycles. The minimum absolute atomic E-state index is 0.268. The lowest BCUT2D eigenvalue weighted by Crippen LogP contribution is -2.38. The summed E-state index contributed by atoms with van der Waals surface area (Å²) in [5, 5.41) is 0. The van der Waals surface area contributed by atoms with Gasteiger partial charge in [-0.25, -0.2) is 4.39 Å². The van der Waals surface area contributed by atoms with Gasteiger partial charge in [0.1, 0.15) is 0 Å². The van der Waals surface area contributed by atoms with Crippen LogP contribution in [-0.4, -0.2) is 18.3 Å². The number of allylic oxidation sites excluding steroid dienone is 2. The second-order valence-electron chi connectivity index (χ2n) is 2.51. The molecule has 0 spiro atoms. The standard InChI is InChI=1S/C6H3F9/c1-2(3(7)5(10,11)12)4(8,9)6(13,14)15/h1H3/b3-2+. The van der Waals surface area contributed by atoms with Gasteiger partial charge in [0.2, 0.25) is 5.83 Å². The van der Waals surface area contributed by atoms with Crippen molar-refractivity contribution < 1.29 is 39.5 Å². The lowest BCUT2D eigenvalue weighted by Gasteiger charge is -2.21. The van der Waals surface area contributed by atoms with Crippen LogP contribution >= 0.6 is 0 Å². The van der Waals surface area contributed by atoms with Crippen molar-refractivity contribution in [1.82, 2.24) is 0 Å². The zero-order valence-corrected chi connectivity index (χ0v) is 6.90. The average molecular weight is 246 g/mol. The fraction of sp³-hybridized carbons (Fsp3) is 0.667. The minimum atomic E-state index is -6.26. The first kappa shape index (κ1) is 14.1. The summed E-state index contributed by atoms with van der Waals surface area (Å²) in [6, 6.07) is 0. The fourth-order valence-electron chi connectivity index (χ4n) is 0.563. The molecule has 0 bridgehead atoms. The maximum atomic E-state index is 12.2. The summed E-state index contributed by atoms with van der Waals surface area (Å²) in [5.41, 5.74) is -2.71. The van der Waals surface area contributed by atoms with Crippen LogP contribution in [0.2, 0.25) is 0 Å². The SMILES string of the molecule is C/C(=C(\F)C(F)(F)F)C(F)(F)C(F)(F)F. The normalized spacial score (nSPS) is 16.4. The first-order valence-corrected chi connectivity index (χ1v) is 3.20. The number of halogens is 9. The number of rotatable bonds is 1. The van der Waals surface area contributed by atoms with E-state index in [2.05, 4.69) is 0 Å². The maximum absolute atomic E-state index is 12.2. The molecule has 9 heteroatoms. The highest BCUT2D eigenvalue weighted by molar-refractivity contribution is 5.20. The summed E-state index contributed by atoms with van der Waals surface area (Å²) in [7, 11) is 0. The molecule has 0 saturated heterocycles. The lowest BCUT2D eigenvalue weighted by molar-refractivity contribution is -0.266. The van der Waals surface area contributed by atoms with Crippen LogP contribution < -0.4 is 0 Å². The van der Waals surface area contributed by atoms with Crippen LogP contribution in [0.5, 0.6) is 0 Å². The summed E-state index contributed by atoms with van der Waals surface area (Å²) in [6.45, 7) is -0.268. The van der Waals surface area contributed by atoms with Gasteiger partial charge in [0.05, 0.1) is 0 Å². The predicted molar refractivity (Wildman–Crippen MR) is 30.9 cm³/mol. The van der Waals surface area contributed by atoms with Gasteiger partial charge in [-0.15, -0.1) is 0 Å². The molecule has 0 rings (SSSR count). The van der Waals surface area contributed by atoms with Gasteiger partial charge in [-0.1, -0.05) is 0 Å². The second kappa shape index (κ2) is 3.60. The van der Waals surface area contributed by atoms with Crippen LogP contribution in [0.15, 0.2) is 11.4 Å². The summed E-state index contributed by atoms with van der Waals surface area (Å²) >= 11 is 0. The fourth-order valence-corrected chi connectivity index (χ4v) is 0.563. The predicted octanol–water partition coefficient (Wildman–Crippen LogP) is 3.99. The molecule has 0 amide bonds. The molecule has 90 valence electrons. The minimum Gasteiger partial charge on any atom is -0.202 e. The Hall–Kier alpha value is -0.890. The molecule has 0 aromatic rings. The van der Waals surface area contributed by atoms with Gasteiger partial charge in [0, 0.05) is 5.57 Å². The Balaban J connectivity index is 5.44. The largest absolute Gasteiger partial charge is 0.457 e. The van der Waals surface area contributed by atoms with E-state index >= 15 is 0 Å². The Morgan fingerprint density at radius 1 is 0.800 bits per heavy atom. The van der Waals surface area contributed by atoms with E-state index in [4.69, 9.17) is 0 Å². The zero-order valence-electron chi connectivity index (χ0n) is 6.90. The van der Waals surface area contributed by atoms with E-state index in [-0.39, 0.29) is 6.92 Å². The third-order valence-corrected chi connectivity index (χ3v) is 1.41. The van der Waals surface area contributed by atoms with Crippen molar-refractivity contribution in [3.05, 3.63) is 11.4 Å². The van der Waals surface area contributed by atoms with Crippen LogP contribution in [0, 0.1) is 0 Å². The Bertz CT molecular complexity index is 265. The highest BCUT2D eigenvalue weighted by atomic mass is 19.4. The lowest BCUT2D eigenvalue weighted by atomic mass is 10.1. The average Bonchev–Trinajstić information content (AvgIpc) is 1.97. The Morgan fingerprint density at radius 2 is 1.13 bits per heavy atom. The molecule has 0 fully saturated rings. The van der Waals surface area contributed by atoms with Crippen LogP contribution in [0.1, 0.15) is 6.92 Å². The molecule has 0 aliphatic rings. The van der Waals surface area contributed by atoms with Crippen LogP contribution in [0.25, 0.3) is 0 Å². The van der Waals surface area contributed by atoms with E-state index in [1.807, 2.05) is 0 Å². The molecule has 0 unspecified atom stereocenters. The van der Waals surface area contributed by atoms with Crippen molar-refractivity contribution in [3.63, 3.8) is 0 Å².